The van der Waals surface area contributed by atoms with Gasteiger partial charge >= 0.3 is 5.97 Å². The van der Waals surface area contributed by atoms with E-state index in [-0.39, 0.29) is 11.5 Å². The second-order valence-corrected chi connectivity index (χ2v) is 2.84. The van der Waals surface area contributed by atoms with Gasteiger partial charge in [-0.2, -0.15) is 0 Å². The van der Waals surface area contributed by atoms with Crippen molar-refractivity contribution in [1.82, 2.24) is 0 Å². The van der Waals surface area contributed by atoms with Crippen LogP contribution in [0.5, 0.6) is 11.5 Å². The van der Waals surface area contributed by atoms with Crippen molar-refractivity contribution in [2.75, 3.05) is 0 Å². The maximum atomic E-state index is 10.6. The molecule has 4 nitrogen and oxygen atoms in total. The summed E-state index contributed by atoms with van der Waals surface area (Å²) in [6.45, 7) is 1.48. The molecular formula is C9H10O4. The van der Waals surface area contributed by atoms with E-state index < -0.39 is 11.9 Å². The number of aromatic hydroxyl groups is 2. The molecule has 13 heavy (non-hydrogen) atoms. The van der Waals surface area contributed by atoms with E-state index in [2.05, 4.69) is 0 Å². The van der Waals surface area contributed by atoms with Crippen molar-refractivity contribution >= 4 is 5.97 Å². The topological polar surface area (TPSA) is 77.8 Å². The van der Waals surface area contributed by atoms with Crippen molar-refractivity contribution < 1.29 is 20.1 Å². The van der Waals surface area contributed by atoms with Crippen LogP contribution in [0.3, 0.4) is 0 Å². The summed E-state index contributed by atoms with van der Waals surface area (Å²) in [5, 5.41) is 26.8. The average Bonchev–Trinajstić information content (AvgIpc) is 2.01. The van der Waals surface area contributed by atoms with Crippen molar-refractivity contribution in [3.8, 4) is 11.5 Å². The number of phenolic OH excluding ortho intramolecular Hbond substituents is 2. The zero-order chi connectivity index (χ0) is 10.0. The second kappa shape index (κ2) is 3.35. The number of phenols is 2. The Hall–Kier alpha value is -1.71. The molecule has 0 aliphatic carbocycles. The number of hydrogen-bond donors (Lipinski definition) is 3. The average molecular weight is 182 g/mol. The summed E-state index contributed by atoms with van der Waals surface area (Å²) in [6, 6.07) is 3.79. The van der Waals surface area contributed by atoms with Crippen molar-refractivity contribution in [3.63, 3.8) is 0 Å². The maximum absolute atomic E-state index is 10.6. The Morgan fingerprint density at radius 2 is 1.69 bits per heavy atom. The second-order valence-electron chi connectivity index (χ2n) is 2.84. The Kier molecular flexibility index (Phi) is 2.41. The molecule has 0 fully saturated rings. The molecule has 1 aromatic carbocycles. The van der Waals surface area contributed by atoms with E-state index in [0.717, 1.165) is 6.07 Å². The number of carboxylic acid groups (broad SMARTS) is 1. The van der Waals surface area contributed by atoms with Gasteiger partial charge in [-0.3, -0.25) is 4.79 Å². The molecule has 1 aromatic rings. The standard InChI is InChI=1S/C9H10O4/c1-5(9(12)13)6-2-7(10)4-8(11)3-6/h2-5,10-11H,1H3,(H,12,13). The molecule has 1 atom stereocenters. The van der Waals surface area contributed by atoms with Crippen LogP contribution in [0.2, 0.25) is 0 Å². The van der Waals surface area contributed by atoms with E-state index in [1.54, 1.807) is 0 Å². The number of rotatable bonds is 2. The van der Waals surface area contributed by atoms with Gasteiger partial charge in [-0.15, -0.1) is 0 Å². The molecule has 4 heteroatoms. The number of carboxylic acids is 1. The molecule has 0 saturated carbocycles. The minimum absolute atomic E-state index is 0.136. The minimum Gasteiger partial charge on any atom is -0.508 e. The summed E-state index contributed by atoms with van der Waals surface area (Å²) in [5.41, 5.74) is 0.380. The molecule has 0 aliphatic rings. The van der Waals surface area contributed by atoms with Crippen LogP contribution in [-0.2, 0) is 4.79 Å². The number of carbonyl (C=O) groups is 1. The van der Waals surface area contributed by atoms with Crippen LogP contribution < -0.4 is 0 Å². The third-order valence-corrected chi connectivity index (χ3v) is 1.80. The molecule has 1 unspecified atom stereocenters. The Balaban J connectivity index is 3.07. The Morgan fingerprint density at radius 3 is 2.08 bits per heavy atom. The third kappa shape index (κ3) is 2.11. The highest BCUT2D eigenvalue weighted by atomic mass is 16.4. The molecule has 0 aliphatic heterocycles. The summed E-state index contributed by atoms with van der Waals surface area (Å²) >= 11 is 0. The summed E-state index contributed by atoms with van der Waals surface area (Å²) in [5.74, 6) is -2.01. The largest absolute Gasteiger partial charge is 0.508 e. The zero-order valence-electron chi connectivity index (χ0n) is 7.06. The van der Waals surface area contributed by atoms with E-state index in [4.69, 9.17) is 15.3 Å². The summed E-state index contributed by atoms with van der Waals surface area (Å²) in [7, 11) is 0. The van der Waals surface area contributed by atoms with Gasteiger partial charge in [0.1, 0.15) is 11.5 Å². The molecule has 1 rings (SSSR count). The maximum Gasteiger partial charge on any atom is 0.310 e. The SMILES string of the molecule is CC(C(=O)O)c1cc(O)cc(O)c1. The highest BCUT2D eigenvalue weighted by molar-refractivity contribution is 5.75. The fraction of sp³-hybridized carbons (Fsp3) is 0.222. The smallest absolute Gasteiger partial charge is 0.310 e. The molecule has 3 N–H and O–H groups in total. The Bertz CT molecular complexity index is 312. The van der Waals surface area contributed by atoms with Crippen LogP contribution >= 0.6 is 0 Å². The first-order valence-corrected chi connectivity index (χ1v) is 3.76. The minimum atomic E-state index is -0.995. The first-order chi connectivity index (χ1) is 6.00. The van der Waals surface area contributed by atoms with E-state index in [1.165, 1.54) is 19.1 Å². The van der Waals surface area contributed by atoms with E-state index in [1.807, 2.05) is 0 Å². The van der Waals surface area contributed by atoms with Crippen LogP contribution in [0.1, 0.15) is 18.4 Å². The highest BCUT2D eigenvalue weighted by Gasteiger charge is 2.14. The quantitative estimate of drug-likeness (QED) is 0.643. The van der Waals surface area contributed by atoms with Gasteiger partial charge in [0.25, 0.3) is 0 Å². The molecule has 0 amide bonds. The van der Waals surface area contributed by atoms with Gasteiger partial charge in [-0.25, -0.2) is 0 Å². The highest BCUT2D eigenvalue weighted by Crippen LogP contribution is 2.25. The molecule has 0 heterocycles. The van der Waals surface area contributed by atoms with E-state index in [9.17, 15) is 4.79 Å². The Labute approximate surface area is 75.1 Å². The lowest BCUT2D eigenvalue weighted by atomic mass is 10.0. The van der Waals surface area contributed by atoms with Gasteiger partial charge in [0, 0.05) is 6.07 Å². The lowest BCUT2D eigenvalue weighted by Gasteiger charge is -2.07. The van der Waals surface area contributed by atoms with Crippen LogP contribution in [0, 0.1) is 0 Å². The first kappa shape index (κ1) is 9.38. The molecular weight excluding hydrogens is 172 g/mol. The molecule has 0 aromatic heterocycles. The number of aliphatic carboxylic acids is 1. The van der Waals surface area contributed by atoms with Gasteiger partial charge in [-0.05, 0) is 24.6 Å². The molecule has 0 spiro atoms. The first-order valence-electron chi connectivity index (χ1n) is 3.76. The van der Waals surface area contributed by atoms with Crippen LogP contribution in [0.4, 0.5) is 0 Å². The van der Waals surface area contributed by atoms with Crippen molar-refractivity contribution in [2.24, 2.45) is 0 Å². The molecule has 0 radical (unpaired) electrons. The fourth-order valence-electron chi connectivity index (χ4n) is 1.01. The molecule has 0 bridgehead atoms. The van der Waals surface area contributed by atoms with Crippen molar-refractivity contribution in [1.29, 1.82) is 0 Å². The normalized spacial score (nSPS) is 12.4. The number of benzene rings is 1. The van der Waals surface area contributed by atoms with Crippen LogP contribution in [0.15, 0.2) is 18.2 Å². The predicted molar refractivity (Wildman–Crippen MR) is 45.8 cm³/mol. The van der Waals surface area contributed by atoms with E-state index >= 15 is 0 Å². The van der Waals surface area contributed by atoms with Crippen LogP contribution in [-0.4, -0.2) is 21.3 Å². The van der Waals surface area contributed by atoms with Gasteiger partial charge in [0.15, 0.2) is 0 Å². The monoisotopic (exact) mass is 182 g/mol. The molecule has 70 valence electrons. The lowest BCUT2D eigenvalue weighted by molar-refractivity contribution is -0.138. The summed E-state index contributed by atoms with van der Waals surface area (Å²) in [6.07, 6.45) is 0. The summed E-state index contributed by atoms with van der Waals surface area (Å²) in [4.78, 5) is 10.6. The van der Waals surface area contributed by atoms with Crippen molar-refractivity contribution in [2.45, 2.75) is 12.8 Å². The zero-order valence-corrected chi connectivity index (χ0v) is 7.06. The summed E-state index contributed by atoms with van der Waals surface area (Å²) < 4.78 is 0. The Morgan fingerprint density at radius 1 is 1.23 bits per heavy atom. The van der Waals surface area contributed by atoms with Gasteiger partial charge in [-0.1, -0.05) is 0 Å². The van der Waals surface area contributed by atoms with Crippen LogP contribution in [0.25, 0.3) is 0 Å². The number of hydrogen-bond acceptors (Lipinski definition) is 3. The van der Waals surface area contributed by atoms with Crippen molar-refractivity contribution in [3.05, 3.63) is 23.8 Å². The van der Waals surface area contributed by atoms with Gasteiger partial charge < -0.3 is 15.3 Å². The predicted octanol–water partition coefficient (Wildman–Crippen LogP) is 1.29. The fourth-order valence-corrected chi connectivity index (χ4v) is 1.01. The lowest BCUT2D eigenvalue weighted by Crippen LogP contribution is -2.06. The molecule has 0 saturated heterocycles. The van der Waals surface area contributed by atoms with Gasteiger partial charge in [0.2, 0.25) is 0 Å². The van der Waals surface area contributed by atoms with E-state index in [0.29, 0.717) is 5.56 Å². The third-order valence-electron chi connectivity index (χ3n) is 1.80. The van der Waals surface area contributed by atoms with Gasteiger partial charge in [0.05, 0.1) is 5.92 Å².